The van der Waals surface area contributed by atoms with Gasteiger partial charge in [0.05, 0.1) is 6.61 Å². The highest BCUT2D eigenvalue weighted by Gasteiger charge is 2.84. The maximum absolute atomic E-state index is 10.2. The van der Waals surface area contributed by atoms with Crippen molar-refractivity contribution < 1.29 is 19.6 Å². The fraction of sp³-hybridized carbons (Fsp3) is 0.379. The van der Waals surface area contributed by atoms with Crippen molar-refractivity contribution in [3.8, 4) is 16.9 Å². The maximum Gasteiger partial charge on any atom is 0.261 e. The van der Waals surface area contributed by atoms with E-state index in [2.05, 4.69) is 62.4 Å². The summed E-state index contributed by atoms with van der Waals surface area (Å²) in [6.07, 6.45) is 4.03. The summed E-state index contributed by atoms with van der Waals surface area (Å²) in [4.78, 5) is 12.1. The Morgan fingerprint density at radius 1 is 0.818 bits per heavy atom. The van der Waals surface area contributed by atoms with E-state index in [1.165, 1.54) is 16.7 Å². The molecule has 0 radical (unpaired) electrons. The first-order valence-corrected chi connectivity index (χ1v) is 11.9. The van der Waals surface area contributed by atoms with Gasteiger partial charge in [-0.05, 0) is 48.1 Å². The molecule has 0 bridgehead atoms. The van der Waals surface area contributed by atoms with Gasteiger partial charge in [0.2, 0.25) is 0 Å². The lowest BCUT2D eigenvalue weighted by Gasteiger charge is -2.65. The van der Waals surface area contributed by atoms with E-state index >= 15 is 0 Å². The second kappa shape index (κ2) is 7.17. The molecule has 6 rings (SSSR count). The minimum atomic E-state index is -1.00. The lowest BCUT2D eigenvalue weighted by Crippen LogP contribution is -2.76. The van der Waals surface area contributed by atoms with Crippen molar-refractivity contribution in [3.63, 3.8) is 0 Å². The average Bonchev–Trinajstić information content (AvgIpc) is 2.99. The second-order valence-corrected chi connectivity index (χ2v) is 10.6. The molecule has 3 aromatic carbocycles. The molecule has 2 aliphatic heterocycles. The van der Waals surface area contributed by atoms with Gasteiger partial charge in [-0.15, -0.1) is 0 Å². The number of hydrogen-bond acceptors (Lipinski definition) is 4. The molecule has 0 aromatic heterocycles. The lowest BCUT2D eigenvalue weighted by molar-refractivity contribution is -0.631. The Labute approximate surface area is 195 Å². The average molecular weight is 443 g/mol. The van der Waals surface area contributed by atoms with E-state index in [1.54, 1.807) is 12.1 Å². The Morgan fingerprint density at radius 3 is 2.27 bits per heavy atom. The van der Waals surface area contributed by atoms with Crippen molar-refractivity contribution in [1.82, 2.24) is 0 Å². The van der Waals surface area contributed by atoms with E-state index in [4.69, 9.17) is 14.5 Å². The first kappa shape index (κ1) is 20.9. The van der Waals surface area contributed by atoms with E-state index in [0.29, 0.717) is 6.61 Å². The molecule has 2 saturated heterocycles. The number of ether oxygens (including phenoxy) is 1. The van der Waals surface area contributed by atoms with E-state index in [9.17, 15) is 5.11 Å². The zero-order valence-corrected chi connectivity index (χ0v) is 19.2. The molecule has 3 aromatic rings. The normalized spacial score (nSPS) is 31.9. The third kappa shape index (κ3) is 2.75. The van der Waals surface area contributed by atoms with Gasteiger partial charge >= 0.3 is 0 Å². The number of benzene rings is 3. The van der Waals surface area contributed by atoms with Crippen molar-refractivity contribution in [2.45, 2.75) is 50.9 Å². The molecule has 1 saturated carbocycles. The van der Waals surface area contributed by atoms with Crippen molar-refractivity contribution in [2.24, 2.45) is 10.8 Å². The zero-order chi connectivity index (χ0) is 22.7. The predicted octanol–water partition coefficient (Wildman–Crippen LogP) is 6.38. The maximum atomic E-state index is 10.2. The highest BCUT2D eigenvalue weighted by molar-refractivity contribution is 5.63. The quantitative estimate of drug-likeness (QED) is 0.476. The topological polar surface area (TPSA) is 47.9 Å². The third-order valence-electron chi connectivity index (χ3n) is 8.29. The highest BCUT2D eigenvalue weighted by Crippen LogP contribution is 2.74. The van der Waals surface area contributed by atoms with Gasteiger partial charge in [-0.3, -0.25) is 0 Å². The van der Waals surface area contributed by atoms with Crippen LogP contribution in [0.1, 0.15) is 44.2 Å². The summed E-state index contributed by atoms with van der Waals surface area (Å²) in [7, 11) is 0. The van der Waals surface area contributed by atoms with Gasteiger partial charge in [0.1, 0.15) is 5.75 Å². The molecule has 4 nitrogen and oxygen atoms in total. The number of aromatic hydroxyl groups is 1. The molecule has 3 aliphatic rings. The Bertz CT molecular complexity index is 1170. The number of phenols is 1. The van der Waals surface area contributed by atoms with Gasteiger partial charge in [-0.2, -0.15) is 4.89 Å². The largest absolute Gasteiger partial charge is 0.508 e. The molecular formula is C29H30O4. The van der Waals surface area contributed by atoms with Gasteiger partial charge in [0, 0.05) is 16.4 Å². The summed E-state index contributed by atoms with van der Waals surface area (Å²) in [6, 6.07) is 26.6. The first-order valence-electron chi connectivity index (χ1n) is 11.9. The van der Waals surface area contributed by atoms with Crippen LogP contribution in [-0.4, -0.2) is 17.3 Å². The van der Waals surface area contributed by atoms with Crippen LogP contribution in [0.4, 0.5) is 0 Å². The van der Waals surface area contributed by atoms with Crippen LogP contribution in [0.3, 0.4) is 0 Å². The second-order valence-electron chi connectivity index (χ2n) is 10.6. The van der Waals surface area contributed by atoms with Gasteiger partial charge in [-0.1, -0.05) is 87.0 Å². The Balaban J connectivity index is 1.40. The number of hydrogen-bond donors (Lipinski definition) is 1. The van der Waals surface area contributed by atoms with E-state index in [0.717, 1.165) is 31.2 Å². The smallest absolute Gasteiger partial charge is 0.261 e. The highest BCUT2D eigenvalue weighted by atomic mass is 17.3. The minimum absolute atomic E-state index is 0.157. The first-order chi connectivity index (χ1) is 15.9. The minimum Gasteiger partial charge on any atom is -0.508 e. The monoisotopic (exact) mass is 442 g/mol. The fourth-order valence-electron chi connectivity index (χ4n) is 6.82. The molecule has 3 fully saturated rings. The van der Waals surface area contributed by atoms with Crippen LogP contribution in [0.15, 0.2) is 78.9 Å². The standard InChI is InChI=1S/C29H30O4/c1-26(2)16-7-17-27(19-21-12-14-23(15-13-21)22-8-4-3-5-9-22)20-31-28(29(26,27)33-32-28)24-10-6-11-25(30)18-24/h3-6,8-15,18,30H,7,16-17,19-20H2,1-2H3/t27-,28+,29+/m1/s1. The Morgan fingerprint density at radius 2 is 1.58 bits per heavy atom. The van der Waals surface area contributed by atoms with Crippen LogP contribution in [0, 0.1) is 10.8 Å². The summed E-state index contributed by atoms with van der Waals surface area (Å²) in [6.45, 7) is 5.11. The molecule has 1 aliphatic carbocycles. The molecule has 0 amide bonds. The molecule has 2 heterocycles. The fourth-order valence-corrected chi connectivity index (χ4v) is 6.82. The van der Waals surface area contributed by atoms with Crippen molar-refractivity contribution in [1.29, 1.82) is 0 Å². The van der Waals surface area contributed by atoms with Gasteiger partial charge in [0.25, 0.3) is 5.79 Å². The van der Waals surface area contributed by atoms with Gasteiger partial charge < -0.3 is 9.84 Å². The molecular weight excluding hydrogens is 412 g/mol. The summed E-state index contributed by atoms with van der Waals surface area (Å²) in [5.74, 6) is -0.793. The van der Waals surface area contributed by atoms with E-state index in [-0.39, 0.29) is 16.6 Å². The van der Waals surface area contributed by atoms with Crippen molar-refractivity contribution >= 4 is 0 Å². The molecule has 4 heteroatoms. The number of phenolic OH excluding ortho intramolecular Hbond substituents is 1. The van der Waals surface area contributed by atoms with Crippen LogP contribution in [-0.2, 0) is 26.7 Å². The molecule has 1 spiro atoms. The molecule has 0 unspecified atom stereocenters. The zero-order valence-electron chi connectivity index (χ0n) is 19.2. The van der Waals surface area contributed by atoms with Gasteiger partial charge in [-0.25, -0.2) is 4.89 Å². The van der Waals surface area contributed by atoms with Crippen molar-refractivity contribution in [2.75, 3.05) is 6.61 Å². The summed E-state index contributed by atoms with van der Waals surface area (Å²) in [5.41, 5.74) is 3.54. The summed E-state index contributed by atoms with van der Waals surface area (Å²) >= 11 is 0. The van der Waals surface area contributed by atoms with Crippen molar-refractivity contribution in [3.05, 3.63) is 90.0 Å². The van der Waals surface area contributed by atoms with E-state index < -0.39 is 11.4 Å². The van der Waals surface area contributed by atoms with Crippen LogP contribution in [0.25, 0.3) is 11.1 Å². The predicted molar refractivity (Wildman–Crippen MR) is 126 cm³/mol. The van der Waals surface area contributed by atoms with Crippen LogP contribution in [0.5, 0.6) is 5.75 Å². The number of rotatable bonds is 4. The van der Waals surface area contributed by atoms with Crippen LogP contribution in [0.2, 0.25) is 0 Å². The van der Waals surface area contributed by atoms with Crippen LogP contribution >= 0.6 is 0 Å². The molecule has 1 N–H and O–H groups in total. The SMILES string of the molecule is CC1(C)CCC[C@@]2(Cc3ccc(-c4ccccc4)cc3)CO[C@@]3(c4cccc(O)c4)OO[C@@]123. The molecule has 3 atom stereocenters. The Hall–Kier alpha value is -2.66. The lowest BCUT2D eigenvalue weighted by atomic mass is 9.48. The Kier molecular flexibility index (Phi) is 4.54. The third-order valence-corrected chi connectivity index (χ3v) is 8.29. The summed E-state index contributed by atoms with van der Waals surface area (Å²) < 4.78 is 6.56. The summed E-state index contributed by atoms with van der Waals surface area (Å²) in [5, 5.41) is 10.2. The molecule has 170 valence electrons. The molecule has 33 heavy (non-hydrogen) atoms. The van der Waals surface area contributed by atoms with Crippen LogP contribution < -0.4 is 0 Å². The van der Waals surface area contributed by atoms with Gasteiger partial charge in [0.15, 0.2) is 5.60 Å². The van der Waals surface area contributed by atoms with E-state index in [1.807, 2.05) is 18.2 Å².